The van der Waals surface area contributed by atoms with Crippen molar-refractivity contribution >= 4 is 27.5 Å². The van der Waals surface area contributed by atoms with Crippen molar-refractivity contribution in [2.45, 2.75) is 18.2 Å². The Morgan fingerprint density at radius 2 is 2.00 bits per heavy atom. The third kappa shape index (κ3) is 3.33. The van der Waals surface area contributed by atoms with Gasteiger partial charge in [0.2, 0.25) is 0 Å². The van der Waals surface area contributed by atoms with Crippen LogP contribution in [0.5, 0.6) is 0 Å². The largest absolute Gasteiger partial charge is 0.207 e. The van der Waals surface area contributed by atoms with Gasteiger partial charge in [-0.1, -0.05) is 45.7 Å². The maximum Gasteiger partial charge on any atom is 0.123 e. The Morgan fingerprint density at radius 3 is 2.67 bits per heavy atom. The van der Waals surface area contributed by atoms with Crippen LogP contribution >= 0.6 is 27.5 Å². The van der Waals surface area contributed by atoms with Crippen molar-refractivity contribution in [1.82, 2.24) is 0 Å². The van der Waals surface area contributed by atoms with Gasteiger partial charge in [0.25, 0.3) is 0 Å². The van der Waals surface area contributed by atoms with Crippen LogP contribution < -0.4 is 0 Å². The van der Waals surface area contributed by atoms with E-state index >= 15 is 0 Å². The number of rotatable bonds is 3. The molecule has 0 spiro atoms. The summed E-state index contributed by atoms with van der Waals surface area (Å²) in [5, 5.41) is 0.739. The first-order chi connectivity index (χ1) is 8.56. The number of aryl methyl sites for hydroxylation is 1. The highest BCUT2D eigenvalue weighted by Crippen LogP contribution is 2.30. The van der Waals surface area contributed by atoms with E-state index in [1.165, 1.54) is 6.07 Å². The van der Waals surface area contributed by atoms with E-state index in [2.05, 4.69) is 15.9 Å². The van der Waals surface area contributed by atoms with Gasteiger partial charge in [-0.15, -0.1) is 0 Å². The molecule has 0 saturated heterocycles. The minimum atomic E-state index is -0.196. The van der Waals surface area contributed by atoms with Crippen LogP contribution in [0.3, 0.4) is 0 Å². The van der Waals surface area contributed by atoms with Crippen LogP contribution in [-0.2, 0) is 6.42 Å². The van der Waals surface area contributed by atoms with E-state index < -0.39 is 0 Å². The van der Waals surface area contributed by atoms with E-state index in [1.807, 2.05) is 37.3 Å². The van der Waals surface area contributed by atoms with Gasteiger partial charge in [-0.3, -0.25) is 0 Å². The summed E-state index contributed by atoms with van der Waals surface area (Å²) in [5.41, 5.74) is 3.23. The number of alkyl halides is 1. The predicted octanol–water partition coefficient (Wildman–Crippen LogP) is 5.47. The highest BCUT2D eigenvalue weighted by atomic mass is 79.9. The molecule has 0 nitrogen and oxygen atoms in total. The zero-order valence-corrected chi connectivity index (χ0v) is 12.3. The Hall–Kier alpha value is -0.860. The topological polar surface area (TPSA) is 0 Å². The van der Waals surface area contributed by atoms with E-state index in [0.29, 0.717) is 0 Å². The minimum Gasteiger partial charge on any atom is -0.207 e. The second kappa shape index (κ2) is 5.85. The minimum absolute atomic E-state index is 0.163. The molecule has 1 atom stereocenters. The highest BCUT2D eigenvalue weighted by Gasteiger charge is 2.11. The number of hydrogen-bond acceptors (Lipinski definition) is 0. The molecule has 2 aromatic rings. The molecule has 0 aliphatic rings. The van der Waals surface area contributed by atoms with E-state index in [9.17, 15) is 4.39 Å². The molecule has 2 aromatic carbocycles. The number of halogens is 3. The van der Waals surface area contributed by atoms with Crippen molar-refractivity contribution in [2.24, 2.45) is 0 Å². The molecule has 18 heavy (non-hydrogen) atoms. The number of benzene rings is 2. The molecule has 0 aromatic heterocycles. The van der Waals surface area contributed by atoms with Gasteiger partial charge in [0.15, 0.2) is 0 Å². The Balaban J connectivity index is 2.19. The third-order valence-corrected chi connectivity index (χ3v) is 3.93. The van der Waals surface area contributed by atoms with Crippen LogP contribution in [0.4, 0.5) is 4.39 Å². The molecule has 0 aliphatic carbocycles. The second-order valence-electron chi connectivity index (χ2n) is 4.30. The molecular weight excluding hydrogens is 315 g/mol. The quantitative estimate of drug-likeness (QED) is 0.656. The highest BCUT2D eigenvalue weighted by molar-refractivity contribution is 9.09. The molecule has 1 unspecified atom stereocenters. The van der Waals surface area contributed by atoms with Crippen LogP contribution in [0.25, 0.3) is 0 Å². The Bertz CT molecular complexity index is 554. The summed E-state index contributed by atoms with van der Waals surface area (Å²) in [6.45, 7) is 1.92. The molecular formula is C15H13BrClF. The van der Waals surface area contributed by atoms with Crippen molar-refractivity contribution in [2.75, 3.05) is 0 Å². The molecule has 2 rings (SSSR count). The molecule has 0 radical (unpaired) electrons. The van der Waals surface area contributed by atoms with Crippen molar-refractivity contribution < 1.29 is 4.39 Å². The van der Waals surface area contributed by atoms with Crippen molar-refractivity contribution in [3.05, 3.63) is 70.0 Å². The summed E-state index contributed by atoms with van der Waals surface area (Å²) in [6.07, 6.45) is 0.826. The smallest absolute Gasteiger partial charge is 0.123 e. The van der Waals surface area contributed by atoms with Gasteiger partial charge in [-0.05, 0) is 54.3 Å². The molecule has 0 aliphatic heterocycles. The maximum absolute atomic E-state index is 13.1. The third-order valence-electron chi connectivity index (χ3n) is 2.87. The average Bonchev–Trinajstić information content (AvgIpc) is 2.28. The first kappa shape index (κ1) is 13.6. The van der Waals surface area contributed by atoms with Gasteiger partial charge >= 0.3 is 0 Å². The summed E-state index contributed by atoms with van der Waals surface area (Å²) in [4.78, 5) is 0.163. The first-order valence-corrected chi connectivity index (χ1v) is 7.00. The van der Waals surface area contributed by atoms with Crippen molar-refractivity contribution in [3.8, 4) is 0 Å². The zero-order chi connectivity index (χ0) is 13.1. The van der Waals surface area contributed by atoms with Crippen molar-refractivity contribution in [1.29, 1.82) is 0 Å². The SMILES string of the molecule is Cc1cc(F)ccc1C(Br)Cc1cccc(Cl)c1. The van der Waals surface area contributed by atoms with Crippen LogP contribution in [0, 0.1) is 12.7 Å². The lowest BCUT2D eigenvalue weighted by Gasteiger charge is -2.13. The lowest BCUT2D eigenvalue weighted by atomic mass is 10.0. The fourth-order valence-corrected chi connectivity index (χ4v) is 3.07. The Kier molecular flexibility index (Phi) is 4.41. The summed E-state index contributed by atoms with van der Waals surface area (Å²) < 4.78 is 13.1. The first-order valence-electron chi connectivity index (χ1n) is 5.71. The standard InChI is InChI=1S/C15H13BrClF/c1-10-7-13(18)5-6-14(10)15(16)9-11-3-2-4-12(17)8-11/h2-8,15H,9H2,1H3. The van der Waals surface area contributed by atoms with E-state index in [1.54, 1.807) is 6.07 Å². The number of hydrogen-bond donors (Lipinski definition) is 0. The van der Waals surface area contributed by atoms with Crippen LogP contribution in [0.1, 0.15) is 21.5 Å². The van der Waals surface area contributed by atoms with Gasteiger partial charge in [-0.2, -0.15) is 0 Å². The summed E-state index contributed by atoms with van der Waals surface area (Å²) in [5.74, 6) is -0.196. The molecule has 0 saturated carbocycles. The summed E-state index contributed by atoms with van der Waals surface area (Å²) in [6, 6.07) is 12.7. The molecule has 0 N–H and O–H groups in total. The van der Waals surface area contributed by atoms with Gasteiger partial charge in [0, 0.05) is 9.85 Å². The molecule has 0 bridgehead atoms. The second-order valence-corrected chi connectivity index (χ2v) is 5.84. The van der Waals surface area contributed by atoms with Crippen LogP contribution in [0.15, 0.2) is 42.5 Å². The van der Waals surface area contributed by atoms with Gasteiger partial charge in [0.05, 0.1) is 0 Å². The fraction of sp³-hybridized carbons (Fsp3) is 0.200. The average molecular weight is 328 g/mol. The fourth-order valence-electron chi connectivity index (χ4n) is 1.97. The Morgan fingerprint density at radius 1 is 1.22 bits per heavy atom. The Labute approximate surface area is 120 Å². The van der Waals surface area contributed by atoms with Crippen LogP contribution in [0.2, 0.25) is 5.02 Å². The molecule has 0 fully saturated rings. The summed E-state index contributed by atoms with van der Waals surface area (Å²) in [7, 11) is 0. The van der Waals surface area contributed by atoms with Gasteiger partial charge < -0.3 is 0 Å². The van der Waals surface area contributed by atoms with E-state index in [0.717, 1.165) is 28.1 Å². The monoisotopic (exact) mass is 326 g/mol. The molecule has 94 valence electrons. The van der Waals surface area contributed by atoms with Crippen LogP contribution in [-0.4, -0.2) is 0 Å². The van der Waals surface area contributed by atoms with E-state index in [-0.39, 0.29) is 10.6 Å². The van der Waals surface area contributed by atoms with Gasteiger partial charge in [-0.25, -0.2) is 4.39 Å². The van der Waals surface area contributed by atoms with Crippen molar-refractivity contribution in [3.63, 3.8) is 0 Å². The molecule has 0 amide bonds. The predicted molar refractivity (Wildman–Crippen MR) is 78.0 cm³/mol. The summed E-state index contributed by atoms with van der Waals surface area (Å²) >= 11 is 9.62. The normalized spacial score (nSPS) is 12.4. The van der Waals surface area contributed by atoms with E-state index in [4.69, 9.17) is 11.6 Å². The van der Waals surface area contributed by atoms with Gasteiger partial charge in [0.1, 0.15) is 5.82 Å². The maximum atomic E-state index is 13.1. The zero-order valence-electron chi connectivity index (χ0n) is 9.96. The molecule has 0 heterocycles. The lowest BCUT2D eigenvalue weighted by molar-refractivity contribution is 0.625. The lowest BCUT2D eigenvalue weighted by Crippen LogP contribution is -1.98. The molecule has 3 heteroatoms.